The normalized spacial score (nSPS) is 16.9. The number of hydrogen-bond acceptors (Lipinski definition) is 4. The molecule has 4 heteroatoms. The molecule has 1 atom stereocenters. The Hall–Kier alpha value is -2.15. The minimum atomic E-state index is -0.447. The molecule has 1 aliphatic rings. The van der Waals surface area contributed by atoms with E-state index in [0.29, 0.717) is 6.61 Å². The highest BCUT2D eigenvalue weighted by Gasteiger charge is 2.26. The summed E-state index contributed by atoms with van der Waals surface area (Å²) in [6, 6.07) is 4.14. The second kappa shape index (κ2) is 7.22. The Labute approximate surface area is 132 Å². The summed E-state index contributed by atoms with van der Waals surface area (Å²) in [6.07, 6.45) is 2.05. The van der Waals surface area contributed by atoms with Crippen molar-refractivity contribution in [3.05, 3.63) is 23.3 Å². The van der Waals surface area contributed by atoms with E-state index in [1.54, 1.807) is 14.0 Å². The number of rotatable bonds is 3. The van der Waals surface area contributed by atoms with Gasteiger partial charge >= 0.3 is 5.97 Å². The van der Waals surface area contributed by atoms with Crippen molar-refractivity contribution in [1.82, 2.24) is 0 Å². The topological polar surface area (TPSA) is 38.8 Å². The van der Waals surface area contributed by atoms with Crippen LogP contribution in [0, 0.1) is 25.7 Å². The van der Waals surface area contributed by atoms with E-state index in [1.807, 2.05) is 12.1 Å². The maximum Gasteiger partial charge on any atom is 0.384 e. The van der Waals surface area contributed by atoms with Crippen molar-refractivity contribution in [2.24, 2.45) is 0 Å². The Kier molecular flexibility index (Phi) is 5.32. The fraction of sp³-hybridized carbons (Fsp3) is 0.500. The van der Waals surface area contributed by atoms with Crippen LogP contribution in [-0.2, 0) is 9.53 Å². The predicted octanol–water partition coefficient (Wildman–Crippen LogP) is 2.85. The molecule has 1 saturated heterocycles. The molecule has 1 heterocycles. The lowest BCUT2D eigenvalue weighted by atomic mass is 10.1. The first kappa shape index (κ1) is 16.2. The summed E-state index contributed by atoms with van der Waals surface area (Å²) in [5.74, 6) is 6.10. The van der Waals surface area contributed by atoms with Crippen LogP contribution >= 0.6 is 0 Å². The molecule has 0 amide bonds. The lowest BCUT2D eigenvalue weighted by Crippen LogP contribution is -2.29. The highest BCUT2D eigenvalue weighted by Crippen LogP contribution is 2.34. The van der Waals surface area contributed by atoms with Crippen LogP contribution < -0.4 is 9.64 Å². The summed E-state index contributed by atoms with van der Waals surface area (Å²) in [5.41, 5.74) is 3.53. The summed E-state index contributed by atoms with van der Waals surface area (Å²) in [4.78, 5) is 13.7. The van der Waals surface area contributed by atoms with Crippen LogP contribution in [0.2, 0.25) is 0 Å². The molecule has 118 valence electrons. The number of carbonyl (C=O) groups excluding carboxylic acids is 1. The molecule has 1 aliphatic heterocycles. The summed E-state index contributed by atoms with van der Waals surface area (Å²) in [6.45, 7) is 7.26. The molecule has 0 aliphatic carbocycles. The van der Waals surface area contributed by atoms with Crippen molar-refractivity contribution in [2.45, 2.75) is 39.7 Å². The third-order valence-electron chi connectivity index (χ3n) is 3.86. The van der Waals surface area contributed by atoms with E-state index in [0.717, 1.165) is 25.1 Å². The zero-order valence-electron chi connectivity index (χ0n) is 13.7. The molecule has 0 aromatic heterocycles. The average molecular weight is 301 g/mol. The van der Waals surface area contributed by atoms with Crippen LogP contribution in [0.3, 0.4) is 0 Å². The molecule has 22 heavy (non-hydrogen) atoms. The molecular weight excluding hydrogens is 278 g/mol. The number of esters is 1. The summed E-state index contributed by atoms with van der Waals surface area (Å²) >= 11 is 0. The number of aryl methyl sites for hydroxylation is 2. The van der Waals surface area contributed by atoms with Gasteiger partial charge in [0.2, 0.25) is 0 Å². The Balaban J connectivity index is 2.26. The smallest absolute Gasteiger partial charge is 0.384 e. The Morgan fingerprint density at radius 2 is 2.05 bits per heavy atom. The van der Waals surface area contributed by atoms with Crippen molar-refractivity contribution in [1.29, 1.82) is 0 Å². The highest BCUT2D eigenvalue weighted by molar-refractivity contribution is 5.88. The summed E-state index contributed by atoms with van der Waals surface area (Å²) < 4.78 is 10.2. The highest BCUT2D eigenvalue weighted by atomic mass is 16.5. The zero-order chi connectivity index (χ0) is 16.1. The third-order valence-corrected chi connectivity index (χ3v) is 3.86. The first-order valence-electron chi connectivity index (χ1n) is 7.67. The van der Waals surface area contributed by atoms with E-state index in [4.69, 9.17) is 9.47 Å². The molecular formula is C18H23NO3. The maximum atomic E-state index is 11.4. The molecule has 0 saturated carbocycles. The first-order chi connectivity index (χ1) is 10.6. The van der Waals surface area contributed by atoms with Crippen LogP contribution in [0.1, 0.15) is 30.9 Å². The Bertz CT molecular complexity index is 589. The fourth-order valence-electron chi connectivity index (χ4n) is 2.98. The van der Waals surface area contributed by atoms with Gasteiger partial charge in [0.25, 0.3) is 0 Å². The van der Waals surface area contributed by atoms with Crippen molar-refractivity contribution in [3.8, 4) is 17.6 Å². The van der Waals surface area contributed by atoms with Crippen LogP contribution in [0.4, 0.5) is 5.69 Å². The molecule has 0 N–H and O–H groups in total. The number of anilines is 1. The molecule has 0 spiro atoms. The van der Waals surface area contributed by atoms with E-state index >= 15 is 0 Å². The number of ether oxygens (including phenoxy) is 2. The summed E-state index contributed by atoms with van der Waals surface area (Å²) in [5, 5.41) is 0. The molecule has 1 aromatic carbocycles. The van der Waals surface area contributed by atoms with Gasteiger partial charge in [0.1, 0.15) is 5.75 Å². The van der Waals surface area contributed by atoms with Crippen molar-refractivity contribution < 1.29 is 14.3 Å². The minimum absolute atomic E-state index is 0.0650. The maximum absolute atomic E-state index is 11.4. The van der Waals surface area contributed by atoms with Crippen LogP contribution in [0.5, 0.6) is 5.75 Å². The van der Waals surface area contributed by atoms with E-state index < -0.39 is 5.97 Å². The minimum Gasteiger partial charge on any atom is -0.497 e. The van der Waals surface area contributed by atoms with Crippen LogP contribution in [-0.4, -0.2) is 32.3 Å². The Morgan fingerprint density at radius 1 is 1.36 bits per heavy atom. The molecule has 4 nitrogen and oxygen atoms in total. The molecule has 1 aromatic rings. The molecule has 2 rings (SSSR count). The zero-order valence-corrected chi connectivity index (χ0v) is 13.7. The predicted molar refractivity (Wildman–Crippen MR) is 87.2 cm³/mol. The number of methoxy groups -OCH3 is 1. The number of hydrogen-bond donors (Lipinski definition) is 0. The largest absolute Gasteiger partial charge is 0.497 e. The van der Waals surface area contributed by atoms with Crippen molar-refractivity contribution >= 4 is 11.7 Å². The number of carbonyl (C=O) groups is 1. The van der Waals surface area contributed by atoms with Crippen LogP contribution in [0.25, 0.3) is 0 Å². The number of nitrogens with zero attached hydrogens (tertiary/aromatic N) is 1. The second-order valence-corrected chi connectivity index (χ2v) is 5.45. The summed E-state index contributed by atoms with van der Waals surface area (Å²) in [7, 11) is 1.68. The van der Waals surface area contributed by atoms with E-state index in [1.165, 1.54) is 16.8 Å². The third kappa shape index (κ3) is 3.54. The molecule has 0 bridgehead atoms. The van der Waals surface area contributed by atoms with Gasteiger partial charge in [-0.25, -0.2) is 4.79 Å². The quantitative estimate of drug-likeness (QED) is 0.489. The van der Waals surface area contributed by atoms with Gasteiger partial charge in [0.15, 0.2) is 0 Å². The van der Waals surface area contributed by atoms with Crippen molar-refractivity contribution in [3.63, 3.8) is 0 Å². The van der Waals surface area contributed by atoms with Gasteiger partial charge < -0.3 is 14.4 Å². The van der Waals surface area contributed by atoms with Crippen molar-refractivity contribution in [2.75, 3.05) is 25.2 Å². The van der Waals surface area contributed by atoms with Crippen LogP contribution in [0.15, 0.2) is 12.1 Å². The lowest BCUT2D eigenvalue weighted by Gasteiger charge is -2.27. The van der Waals surface area contributed by atoms with E-state index in [-0.39, 0.29) is 6.04 Å². The monoisotopic (exact) mass is 301 g/mol. The lowest BCUT2D eigenvalue weighted by molar-refractivity contribution is -0.136. The molecule has 1 fully saturated rings. The Morgan fingerprint density at radius 3 is 2.64 bits per heavy atom. The molecule has 0 radical (unpaired) electrons. The first-order valence-corrected chi connectivity index (χ1v) is 7.67. The van der Waals surface area contributed by atoms with Gasteiger partial charge in [0, 0.05) is 18.2 Å². The SMILES string of the molecule is CCOC(=O)C#C[C@@H]1CCCN1c1c(C)cc(OC)cc1C. The van der Waals surface area contributed by atoms with Gasteiger partial charge in [-0.3, -0.25) is 0 Å². The fourth-order valence-corrected chi connectivity index (χ4v) is 2.98. The van der Waals surface area contributed by atoms with Gasteiger partial charge in [0.05, 0.1) is 19.8 Å². The molecule has 0 unspecified atom stereocenters. The van der Waals surface area contributed by atoms with Gasteiger partial charge in [-0.05, 0) is 56.9 Å². The van der Waals surface area contributed by atoms with E-state index in [9.17, 15) is 4.79 Å². The van der Waals surface area contributed by atoms with E-state index in [2.05, 4.69) is 30.6 Å². The number of benzene rings is 1. The average Bonchev–Trinajstić information content (AvgIpc) is 2.93. The van der Waals surface area contributed by atoms with Gasteiger partial charge in [-0.1, -0.05) is 5.92 Å². The van der Waals surface area contributed by atoms with Gasteiger partial charge in [-0.15, -0.1) is 0 Å². The van der Waals surface area contributed by atoms with Gasteiger partial charge in [-0.2, -0.15) is 0 Å². The standard InChI is InChI=1S/C18H23NO3/c1-5-22-17(20)9-8-15-7-6-10-19(15)18-13(2)11-16(21-4)12-14(18)3/h11-12,15H,5-7,10H2,1-4H3/t15-/m0/s1. The second-order valence-electron chi connectivity index (χ2n) is 5.45.